The lowest BCUT2D eigenvalue weighted by atomic mass is 10.0. The topological polar surface area (TPSA) is 91.7 Å². The first-order valence-corrected chi connectivity index (χ1v) is 5.95. The number of phenols is 1. The largest absolute Gasteiger partial charge is 0.508 e. The zero-order valence-corrected chi connectivity index (χ0v) is 8.86. The molecule has 0 aliphatic carbocycles. The van der Waals surface area contributed by atoms with Crippen LogP contribution in [0.1, 0.15) is 12.0 Å². The van der Waals surface area contributed by atoms with Crippen LogP contribution in [0.25, 0.3) is 5.57 Å². The van der Waals surface area contributed by atoms with Gasteiger partial charge in [0.1, 0.15) is 5.75 Å². The molecule has 2 N–H and O–H groups in total. The van der Waals surface area contributed by atoms with E-state index in [-0.39, 0.29) is 28.2 Å². The van der Waals surface area contributed by atoms with E-state index in [4.69, 9.17) is 5.11 Å². The van der Waals surface area contributed by atoms with Gasteiger partial charge in [-0.3, -0.25) is 4.79 Å². The molecule has 0 atom stereocenters. The van der Waals surface area contributed by atoms with Gasteiger partial charge >= 0.3 is 5.97 Å². The fourth-order valence-corrected chi connectivity index (χ4v) is 3.10. The zero-order valence-electron chi connectivity index (χ0n) is 8.04. The molecule has 0 saturated heterocycles. The van der Waals surface area contributed by atoms with Gasteiger partial charge in [-0.05, 0) is 23.8 Å². The number of fused-ring (bicyclic) bond motifs is 1. The van der Waals surface area contributed by atoms with Crippen LogP contribution < -0.4 is 0 Å². The van der Waals surface area contributed by atoms with Crippen molar-refractivity contribution in [2.75, 3.05) is 0 Å². The van der Waals surface area contributed by atoms with Crippen molar-refractivity contribution in [3.05, 3.63) is 29.2 Å². The van der Waals surface area contributed by atoms with Crippen LogP contribution in [0, 0.1) is 0 Å². The Labute approximate surface area is 91.6 Å². The summed E-state index contributed by atoms with van der Waals surface area (Å²) in [6.45, 7) is 0. The molecule has 2 rings (SSSR count). The van der Waals surface area contributed by atoms with Crippen LogP contribution in [0.15, 0.2) is 28.5 Å². The van der Waals surface area contributed by atoms with Crippen LogP contribution >= 0.6 is 0 Å². The summed E-state index contributed by atoms with van der Waals surface area (Å²) in [7, 11) is -3.55. The minimum Gasteiger partial charge on any atom is -0.508 e. The Kier molecular flexibility index (Phi) is 2.23. The number of sulfone groups is 1. The Morgan fingerprint density at radius 2 is 2.00 bits per heavy atom. The van der Waals surface area contributed by atoms with Gasteiger partial charge < -0.3 is 10.2 Å². The maximum Gasteiger partial charge on any atom is 0.307 e. The molecule has 5 nitrogen and oxygen atoms in total. The minimum absolute atomic E-state index is 0.0431. The number of rotatable bonds is 2. The highest BCUT2D eigenvalue weighted by Crippen LogP contribution is 2.36. The maximum absolute atomic E-state index is 11.6. The zero-order chi connectivity index (χ0) is 11.9. The van der Waals surface area contributed by atoms with Crippen molar-refractivity contribution in [2.45, 2.75) is 11.3 Å². The molecule has 6 heteroatoms. The first-order chi connectivity index (χ1) is 7.40. The van der Waals surface area contributed by atoms with Gasteiger partial charge in [-0.25, -0.2) is 8.42 Å². The minimum atomic E-state index is -3.55. The summed E-state index contributed by atoms with van der Waals surface area (Å²) in [5, 5.41) is 18.8. The van der Waals surface area contributed by atoms with E-state index >= 15 is 0 Å². The molecule has 1 heterocycles. The van der Waals surface area contributed by atoms with Crippen LogP contribution in [-0.4, -0.2) is 24.6 Å². The molecule has 16 heavy (non-hydrogen) atoms. The molecule has 1 aromatic rings. The van der Waals surface area contributed by atoms with Gasteiger partial charge in [0.25, 0.3) is 0 Å². The van der Waals surface area contributed by atoms with Gasteiger partial charge in [0, 0.05) is 11.0 Å². The molecule has 1 aliphatic rings. The third-order valence-corrected chi connectivity index (χ3v) is 3.82. The molecule has 0 bridgehead atoms. The predicted octanol–water partition coefficient (Wildman–Crippen LogP) is 0.995. The van der Waals surface area contributed by atoms with Crippen molar-refractivity contribution >= 4 is 21.4 Å². The van der Waals surface area contributed by atoms with Crippen LogP contribution in [-0.2, 0) is 14.6 Å². The highest BCUT2D eigenvalue weighted by atomic mass is 32.2. The summed E-state index contributed by atoms with van der Waals surface area (Å²) < 4.78 is 23.2. The average molecular weight is 240 g/mol. The third kappa shape index (κ3) is 1.67. The average Bonchev–Trinajstić information content (AvgIpc) is 2.37. The number of hydrogen-bond donors (Lipinski definition) is 2. The highest BCUT2D eigenvalue weighted by Gasteiger charge is 2.28. The molecular weight excluding hydrogens is 232 g/mol. The predicted molar refractivity (Wildman–Crippen MR) is 55.5 cm³/mol. The number of carboxylic acid groups (broad SMARTS) is 1. The van der Waals surface area contributed by atoms with Crippen LogP contribution in [0.2, 0.25) is 0 Å². The number of aliphatic carboxylic acids is 1. The Bertz CT molecular complexity index is 598. The van der Waals surface area contributed by atoms with Crippen molar-refractivity contribution < 1.29 is 23.4 Å². The van der Waals surface area contributed by atoms with Gasteiger partial charge in [0.2, 0.25) is 9.84 Å². The van der Waals surface area contributed by atoms with Crippen LogP contribution in [0.4, 0.5) is 0 Å². The SMILES string of the molecule is O=C(O)CC1=CS(=O)(=O)c2ccc(O)cc21. The van der Waals surface area contributed by atoms with E-state index in [0.717, 1.165) is 5.41 Å². The molecule has 1 aliphatic heterocycles. The van der Waals surface area contributed by atoms with Gasteiger partial charge in [0.15, 0.2) is 0 Å². The molecular formula is C10H8O5S. The number of carboxylic acids is 1. The lowest BCUT2D eigenvalue weighted by Crippen LogP contribution is -1.95. The van der Waals surface area contributed by atoms with Gasteiger partial charge in [0.05, 0.1) is 11.3 Å². The molecule has 0 unspecified atom stereocenters. The van der Waals surface area contributed by atoms with Crippen LogP contribution in [0.5, 0.6) is 5.75 Å². The fourth-order valence-electron chi connectivity index (χ4n) is 1.63. The maximum atomic E-state index is 11.6. The lowest BCUT2D eigenvalue weighted by Gasteiger charge is -2.02. The molecule has 0 saturated carbocycles. The molecule has 0 radical (unpaired) electrons. The standard InChI is InChI=1S/C10H8O5S/c11-7-1-2-9-8(4-7)6(3-10(12)13)5-16(9,14)15/h1-2,4-5,11H,3H2,(H,12,13). The summed E-state index contributed by atoms with van der Waals surface area (Å²) in [4.78, 5) is 10.6. The van der Waals surface area contributed by atoms with Crippen LogP contribution in [0.3, 0.4) is 0 Å². The molecule has 1 aromatic carbocycles. The smallest absolute Gasteiger partial charge is 0.307 e. The van der Waals surface area contributed by atoms with Crippen molar-refractivity contribution in [1.82, 2.24) is 0 Å². The van der Waals surface area contributed by atoms with Gasteiger partial charge in [-0.1, -0.05) is 0 Å². The first-order valence-electron chi connectivity index (χ1n) is 4.41. The molecule has 0 amide bonds. The lowest BCUT2D eigenvalue weighted by molar-refractivity contribution is -0.135. The van der Waals surface area contributed by atoms with E-state index in [9.17, 15) is 18.3 Å². The summed E-state index contributed by atoms with van der Waals surface area (Å²) in [6.07, 6.45) is -0.379. The second-order valence-corrected chi connectivity index (χ2v) is 5.20. The summed E-state index contributed by atoms with van der Waals surface area (Å²) in [6, 6.07) is 3.79. The molecule has 0 fully saturated rings. The first kappa shape index (κ1) is 10.7. The summed E-state index contributed by atoms with van der Waals surface area (Å²) in [5.74, 6) is -1.20. The van der Waals surface area contributed by atoms with E-state index in [1.54, 1.807) is 0 Å². The Morgan fingerprint density at radius 3 is 2.62 bits per heavy atom. The van der Waals surface area contributed by atoms with Crippen molar-refractivity contribution in [3.8, 4) is 5.75 Å². The second-order valence-electron chi connectivity index (χ2n) is 3.44. The van der Waals surface area contributed by atoms with E-state index in [0.29, 0.717) is 0 Å². The Morgan fingerprint density at radius 1 is 1.31 bits per heavy atom. The molecule has 84 valence electrons. The normalized spacial score (nSPS) is 16.6. The fraction of sp³-hybridized carbons (Fsp3) is 0.100. The van der Waals surface area contributed by atoms with Gasteiger partial charge in [-0.2, -0.15) is 0 Å². The number of aromatic hydroxyl groups is 1. The number of hydrogen-bond acceptors (Lipinski definition) is 4. The third-order valence-electron chi connectivity index (χ3n) is 2.25. The second kappa shape index (κ2) is 3.34. The summed E-state index contributed by atoms with van der Waals surface area (Å²) >= 11 is 0. The molecule has 0 aromatic heterocycles. The van der Waals surface area contributed by atoms with Crippen molar-refractivity contribution in [2.24, 2.45) is 0 Å². The van der Waals surface area contributed by atoms with Crippen molar-refractivity contribution in [1.29, 1.82) is 0 Å². The highest BCUT2D eigenvalue weighted by molar-refractivity contribution is 7.95. The number of phenolic OH excluding ortho intramolecular Hbond substituents is 1. The van der Waals surface area contributed by atoms with E-state index in [2.05, 4.69) is 0 Å². The van der Waals surface area contributed by atoms with E-state index < -0.39 is 15.8 Å². The van der Waals surface area contributed by atoms with E-state index in [1.165, 1.54) is 18.2 Å². The number of benzene rings is 1. The number of carbonyl (C=O) groups is 1. The Hall–Kier alpha value is -1.82. The monoisotopic (exact) mass is 240 g/mol. The molecule has 0 spiro atoms. The van der Waals surface area contributed by atoms with Gasteiger partial charge in [-0.15, -0.1) is 0 Å². The van der Waals surface area contributed by atoms with Crippen molar-refractivity contribution in [3.63, 3.8) is 0 Å². The van der Waals surface area contributed by atoms with E-state index in [1.807, 2.05) is 0 Å². The Balaban J connectivity index is 2.61. The summed E-state index contributed by atoms with van der Waals surface area (Å²) in [5.41, 5.74) is 0.459. The quantitative estimate of drug-likeness (QED) is 0.804.